The number of nitriles is 1. The zero-order valence-corrected chi connectivity index (χ0v) is 15.1. The number of Topliss-reactive ketones (excluding diaryl/α,β-unsaturated/α-hetero) is 1. The summed E-state index contributed by atoms with van der Waals surface area (Å²) >= 11 is 3.86. The zero-order chi connectivity index (χ0) is 16.9. The van der Waals surface area contributed by atoms with Crippen molar-refractivity contribution in [1.82, 2.24) is 4.90 Å². The molecule has 0 N–H and O–H groups in total. The molecule has 4 nitrogen and oxygen atoms in total. The molecule has 2 aliphatic rings. The molecule has 1 unspecified atom stereocenters. The standard InChI is InChI=1S/C18H20N2O2S2/c19-12-15(17(22)20-8-1-2-9-20)16(21)13-4-6-14(7-5-13)18-23-10-3-11-24-18/h4-7,15,18H,1-3,8-11H2. The van der Waals surface area contributed by atoms with E-state index >= 15 is 0 Å². The number of rotatable bonds is 4. The van der Waals surface area contributed by atoms with Gasteiger partial charge in [0, 0.05) is 18.7 Å². The van der Waals surface area contributed by atoms with E-state index in [0.717, 1.165) is 12.8 Å². The quantitative estimate of drug-likeness (QED) is 0.607. The maximum absolute atomic E-state index is 12.6. The summed E-state index contributed by atoms with van der Waals surface area (Å²) in [6.45, 7) is 1.30. The van der Waals surface area contributed by atoms with Gasteiger partial charge in [-0.2, -0.15) is 5.26 Å². The summed E-state index contributed by atoms with van der Waals surface area (Å²) in [5.41, 5.74) is 1.64. The number of amides is 1. The number of likely N-dealkylation sites (tertiary alicyclic amines) is 1. The van der Waals surface area contributed by atoms with E-state index in [-0.39, 0.29) is 11.7 Å². The number of hydrogen-bond donors (Lipinski definition) is 0. The largest absolute Gasteiger partial charge is 0.341 e. The molecule has 2 saturated heterocycles. The van der Waals surface area contributed by atoms with Crippen LogP contribution in [0.5, 0.6) is 0 Å². The van der Waals surface area contributed by atoms with Gasteiger partial charge in [0.25, 0.3) is 0 Å². The van der Waals surface area contributed by atoms with Crippen molar-refractivity contribution in [3.05, 3.63) is 35.4 Å². The van der Waals surface area contributed by atoms with E-state index in [2.05, 4.69) is 0 Å². The third-order valence-corrected chi connectivity index (χ3v) is 7.37. The van der Waals surface area contributed by atoms with E-state index in [9.17, 15) is 14.9 Å². The van der Waals surface area contributed by atoms with Crippen LogP contribution in [0.4, 0.5) is 0 Å². The Bertz CT molecular complexity index is 642. The van der Waals surface area contributed by atoms with E-state index < -0.39 is 5.92 Å². The van der Waals surface area contributed by atoms with E-state index in [4.69, 9.17) is 0 Å². The molecule has 2 fully saturated rings. The summed E-state index contributed by atoms with van der Waals surface area (Å²) < 4.78 is 0.417. The van der Waals surface area contributed by atoms with Crippen LogP contribution in [0.15, 0.2) is 24.3 Å². The van der Waals surface area contributed by atoms with Crippen molar-refractivity contribution in [2.45, 2.75) is 23.8 Å². The highest BCUT2D eigenvalue weighted by molar-refractivity contribution is 8.16. The molecule has 0 bridgehead atoms. The first-order chi connectivity index (χ1) is 11.7. The minimum atomic E-state index is -1.22. The molecule has 3 rings (SSSR count). The molecule has 1 aromatic carbocycles. The molecule has 0 aliphatic carbocycles. The monoisotopic (exact) mass is 360 g/mol. The number of benzene rings is 1. The second-order valence-electron chi connectivity index (χ2n) is 6.01. The van der Waals surface area contributed by atoms with Crippen LogP contribution in [0.3, 0.4) is 0 Å². The molecule has 0 spiro atoms. The zero-order valence-electron chi connectivity index (χ0n) is 13.4. The van der Waals surface area contributed by atoms with Gasteiger partial charge in [0.05, 0.1) is 10.7 Å². The first-order valence-electron chi connectivity index (χ1n) is 8.26. The second-order valence-corrected chi connectivity index (χ2v) is 8.73. The smallest absolute Gasteiger partial charge is 0.247 e. The van der Waals surface area contributed by atoms with E-state index in [1.165, 1.54) is 23.5 Å². The van der Waals surface area contributed by atoms with Gasteiger partial charge in [0.1, 0.15) is 0 Å². The van der Waals surface area contributed by atoms with Gasteiger partial charge in [-0.3, -0.25) is 9.59 Å². The fourth-order valence-electron chi connectivity index (χ4n) is 3.00. The summed E-state index contributed by atoms with van der Waals surface area (Å²) in [4.78, 5) is 26.6. The van der Waals surface area contributed by atoms with Crippen molar-refractivity contribution < 1.29 is 9.59 Å². The first-order valence-corrected chi connectivity index (χ1v) is 10.4. The minimum absolute atomic E-state index is 0.345. The highest BCUT2D eigenvalue weighted by atomic mass is 32.2. The Labute approximate surface area is 151 Å². The fourth-order valence-corrected chi connectivity index (χ4v) is 5.89. The molecular weight excluding hydrogens is 340 g/mol. The van der Waals surface area contributed by atoms with Gasteiger partial charge in [0.15, 0.2) is 11.7 Å². The Balaban J connectivity index is 1.71. The summed E-state index contributed by atoms with van der Waals surface area (Å²) in [7, 11) is 0. The van der Waals surface area contributed by atoms with Gasteiger partial charge < -0.3 is 4.90 Å². The molecule has 1 amide bonds. The number of hydrogen-bond acceptors (Lipinski definition) is 5. The van der Waals surface area contributed by atoms with Gasteiger partial charge in [-0.15, -0.1) is 23.5 Å². The van der Waals surface area contributed by atoms with Crippen LogP contribution in [0.2, 0.25) is 0 Å². The lowest BCUT2D eigenvalue weighted by Crippen LogP contribution is -2.37. The summed E-state index contributed by atoms with van der Waals surface area (Å²) in [5.74, 6) is 0.387. The average Bonchev–Trinajstić information content (AvgIpc) is 3.18. The van der Waals surface area contributed by atoms with Gasteiger partial charge in [-0.25, -0.2) is 0 Å². The molecule has 0 aromatic heterocycles. The third-order valence-electron chi connectivity index (χ3n) is 4.35. The molecule has 6 heteroatoms. The summed E-state index contributed by atoms with van der Waals surface area (Å²) in [5, 5.41) is 9.32. The summed E-state index contributed by atoms with van der Waals surface area (Å²) in [6.07, 6.45) is 3.14. The summed E-state index contributed by atoms with van der Waals surface area (Å²) in [6, 6.07) is 9.34. The molecular formula is C18H20N2O2S2. The molecule has 24 heavy (non-hydrogen) atoms. The van der Waals surface area contributed by atoms with Crippen LogP contribution in [0.1, 0.15) is 39.8 Å². The van der Waals surface area contributed by atoms with E-state index in [0.29, 0.717) is 23.2 Å². The number of thioether (sulfide) groups is 2. The Morgan fingerprint density at radius 3 is 2.29 bits per heavy atom. The van der Waals surface area contributed by atoms with Crippen molar-refractivity contribution in [2.75, 3.05) is 24.6 Å². The van der Waals surface area contributed by atoms with E-state index in [1.807, 2.05) is 41.7 Å². The SMILES string of the molecule is N#CC(C(=O)c1ccc(C2SCCCS2)cc1)C(=O)N1CCCC1. The fraction of sp³-hybridized carbons (Fsp3) is 0.500. The lowest BCUT2D eigenvalue weighted by Gasteiger charge is -2.21. The van der Waals surface area contributed by atoms with Crippen LogP contribution in [0.25, 0.3) is 0 Å². The van der Waals surface area contributed by atoms with Gasteiger partial charge in [-0.05, 0) is 36.3 Å². The Kier molecular flexibility index (Phi) is 5.85. The average molecular weight is 361 g/mol. The van der Waals surface area contributed by atoms with Crippen molar-refractivity contribution in [3.63, 3.8) is 0 Å². The predicted octanol–water partition coefficient (Wildman–Crippen LogP) is 3.50. The molecule has 2 heterocycles. The maximum atomic E-state index is 12.6. The number of ketones is 1. The Hall–Kier alpha value is -1.45. The van der Waals surface area contributed by atoms with Gasteiger partial charge in [-0.1, -0.05) is 24.3 Å². The highest BCUT2D eigenvalue weighted by Gasteiger charge is 2.32. The molecule has 1 atom stereocenters. The highest BCUT2D eigenvalue weighted by Crippen LogP contribution is 2.43. The predicted molar refractivity (Wildman–Crippen MR) is 98.0 cm³/mol. The lowest BCUT2D eigenvalue weighted by molar-refractivity contribution is -0.131. The number of carbonyl (C=O) groups excluding carboxylic acids is 2. The van der Waals surface area contributed by atoms with Crippen LogP contribution in [-0.2, 0) is 4.79 Å². The minimum Gasteiger partial charge on any atom is -0.341 e. The Morgan fingerprint density at radius 2 is 1.71 bits per heavy atom. The normalized spacial score (nSPS) is 19.7. The van der Waals surface area contributed by atoms with Crippen LogP contribution >= 0.6 is 23.5 Å². The molecule has 126 valence electrons. The first kappa shape index (κ1) is 17.4. The molecule has 1 aromatic rings. The third kappa shape index (κ3) is 3.79. The number of nitrogens with zero attached hydrogens (tertiary/aromatic N) is 2. The van der Waals surface area contributed by atoms with Crippen molar-refractivity contribution >= 4 is 35.2 Å². The van der Waals surface area contributed by atoms with Crippen LogP contribution in [0, 0.1) is 17.2 Å². The maximum Gasteiger partial charge on any atom is 0.247 e. The second kappa shape index (κ2) is 8.09. The van der Waals surface area contributed by atoms with Crippen molar-refractivity contribution in [2.24, 2.45) is 5.92 Å². The number of carbonyl (C=O) groups is 2. The lowest BCUT2D eigenvalue weighted by atomic mass is 9.97. The van der Waals surface area contributed by atoms with Crippen LogP contribution in [-0.4, -0.2) is 41.2 Å². The van der Waals surface area contributed by atoms with Crippen molar-refractivity contribution in [3.8, 4) is 6.07 Å². The topological polar surface area (TPSA) is 61.2 Å². The van der Waals surface area contributed by atoms with Crippen molar-refractivity contribution in [1.29, 1.82) is 5.26 Å². The molecule has 0 radical (unpaired) electrons. The van der Waals surface area contributed by atoms with Gasteiger partial charge in [0.2, 0.25) is 5.91 Å². The van der Waals surface area contributed by atoms with Gasteiger partial charge >= 0.3 is 0 Å². The molecule has 2 aliphatic heterocycles. The van der Waals surface area contributed by atoms with E-state index in [1.54, 1.807) is 17.0 Å². The molecule has 0 saturated carbocycles. The Morgan fingerprint density at radius 1 is 1.08 bits per heavy atom. The van der Waals surface area contributed by atoms with Crippen LogP contribution < -0.4 is 0 Å².